The second-order valence-corrected chi connectivity index (χ2v) is 6.32. The first kappa shape index (κ1) is 14.7. The fourth-order valence-corrected chi connectivity index (χ4v) is 3.50. The normalized spacial score (nSPS) is 20.6. The van der Waals surface area contributed by atoms with Crippen LogP contribution in [0.15, 0.2) is 17.6 Å². The zero-order valence-corrected chi connectivity index (χ0v) is 13.4. The van der Waals surface area contributed by atoms with Crippen LogP contribution in [0.5, 0.6) is 0 Å². The number of nitrogens with one attached hydrogen (secondary N) is 1. The van der Waals surface area contributed by atoms with Gasteiger partial charge in [0.15, 0.2) is 5.13 Å². The van der Waals surface area contributed by atoms with Crippen molar-refractivity contribution in [2.75, 3.05) is 10.2 Å². The molecular formula is C14H17N5O2S. The van der Waals surface area contributed by atoms with Crippen molar-refractivity contribution < 1.29 is 9.59 Å². The Morgan fingerprint density at radius 1 is 1.36 bits per heavy atom. The molecule has 3 rings (SSSR count). The molecule has 0 unspecified atom stereocenters. The minimum atomic E-state index is -0.202. The van der Waals surface area contributed by atoms with Crippen molar-refractivity contribution in [3.8, 4) is 0 Å². The first-order chi connectivity index (χ1) is 10.5. The van der Waals surface area contributed by atoms with E-state index in [0.29, 0.717) is 10.8 Å². The Bertz CT molecular complexity index is 722. The van der Waals surface area contributed by atoms with Gasteiger partial charge in [0.25, 0.3) is 5.91 Å². The average Bonchev–Trinajstić information content (AvgIpc) is 3.06. The Labute approximate surface area is 132 Å². The van der Waals surface area contributed by atoms with E-state index in [1.165, 1.54) is 18.3 Å². The lowest BCUT2D eigenvalue weighted by molar-refractivity contribution is -0.114. The first-order valence-corrected chi connectivity index (χ1v) is 7.95. The molecule has 1 aliphatic heterocycles. The maximum absolute atomic E-state index is 12.8. The van der Waals surface area contributed by atoms with Crippen LogP contribution in [-0.2, 0) is 4.79 Å². The first-order valence-electron chi connectivity index (χ1n) is 7.07. The fraction of sp³-hybridized carbons (Fsp3) is 0.429. The van der Waals surface area contributed by atoms with Crippen molar-refractivity contribution in [3.05, 3.63) is 23.3 Å². The van der Waals surface area contributed by atoms with Crippen molar-refractivity contribution >= 4 is 34.1 Å². The van der Waals surface area contributed by atoms with E-state index in [1.54, 1.807) is 16.5 Å². The van der Waals surface area contributed by atoms with Gasteiger partial charge in [-0.3, -0.25) is 14.5 Å². The van der Waals surface area contributed by atoms with E-state index >= 15 is 0 Å². The van der Waals surface area contributed by atoms with Gasteiger partial charge >= 0.3 is 0 Å². The fourth-order valence-electron chi connectivity index (χ4n) is 2.77. The van der Waals surface area contributed by atoms with E-state index in [1.807, 2.05) is 17.7 Å². The van der Waals surface area contributed by atoms with Gasteiger partial charge in [-0.2, -0.15) is 5.10 Å². The summed E-state index contributed by atoms with van der Waals surface area (Å²) in [6.07, 6.45) is 2.54. The monoisotopic (exact) mass is 319 g/mol. The predicted octanol–water partition coefficient (Wildman–Crippen LogP) is 2.30. The molecule has 2 amide bonds. The molecule has 7 nitrogen and oxygen atoms in total. The van der Waals surface area contributed by atoms with Crippen LogP contribution in [0.3, 0.4) is 0 Å². The molecule has 3 heterocycles. The zero-order valence-electron chi connectivity index (χ0n) is 12.6. The SMILES string of the molecule is CC(=O)Nc1nc(C(=O)N2c3ccnn3[C@H](C)C[C@H]2C)cs1. The lowest BCUT2D eigenvalue weighted by Gasteiger charge is -2.36. The summed E-state index contributed by atoms with van der Waals surface area (Å²) in [7, 11) is 0. The van der Waals surface area contributed by atoms with E-state index in [0.717, 1.165) is 12.2 Å². The van der Waals surface area contributed by atoms with E-state index in [2.05, 4.69) is 22.3 Å². The highest BCUT2D eigenvalue weighted by Gasteiger charge is 2.33. The third kappa shape index (κ3) is 2.50. The number of nitrogens with zero attached hydrogens (tertiary/aromatic N) is 4. The summed E-state index contributed by atoms with van der Waals surface area (Å²) >= 11 is 1.24. The van der Waals surface area contributed by atoms with Crippen LogP contribution in [0, 0.1) is 0 Å². The van der Waals surface area contributed by atoms with Crippen LogP contribution in [0.25, 0.3) is 0 Å². The number of aromatic nitrogens is 3. The zero-order chi connectivity index (χ0) is 15.9. The van der Waals surface area contributed by atoms with Crippen molar-refractivity contribution in [2.45, 2.75) is 39.3 Å². The van der Waals surface area contributed by atoms with Crippen molar-refractivity contribution in [1.29, 1.82) is 0 Å². The Kier molecular flexibility index (Phi) is 3.69. The van der Waals surface area contributed by atoms with Gasteiger partial charge in [-0.1, -0.05) is 0 Å². The Hall–Kier alpha value is -2.22. The van der Waals surface area contributed by atoms with Crippen molar-refractivity contribution in [2.24, 2.45) is 0 Å². The van der Waals surface area contributed by atoms with Crippen LogP contribution in [-0.4, -0.2) is 32.6 Å². The van der Waals surface area contributed by atoms with Gasteiger partial charge in [-0.15, -0.1) is 11.3 Å². The maximum atomic E-state index is 12.8. The predicted molar refractivity (Wildman–Crippen MR) is 84.2 cm³/mol. The molecule has 1 aliphatic rings. The molecule has 22 heavy (non-hydrogen) atoms. The summed E-state index contributed by atoms with van der Waals surface area (Å²) < 4.78 is 1.86. The Morgan fingerprint density at radius 3 is 2.86 bits per heavy atom. The van der Waals surface area contributed by atoms with E-state index in [-0.39, 0.29) is 23.9 Å². The van der Waals surface area contributed by atoms with Gasteiger partial charge < -0.3 is 5.32 Å². The molecule has 2 atom stereocenters. The molecular weight excluding hydrogens is 302 g/mol. The number of amides is 2. The number of anilines is 2. The number of rotatable bonds is 2. The van der Waals surface area contributed by atoms with Crippen LogP contribution < -0.4 is 10.2 Å². The summed E-state index contributed by atoms with van der Waals surface area (Å²) in [6.45, 7) is 5.52. The molecule has 0 bridgehead atoms. The minimum absolute atomic E-state index is 0.0672. The minimum Gasteiger partial charge on any atom is -0.302 e. The van der Waals surface area contributed by atoms with Crippen molar-refractivity contribution in [3.63, 3.8) is 0 Å². The quantitative estimate of drug-likeness (QED) is 0.921. The molecule has 0 saturated carbocycles. The van der Waals surface area contributed by atoms with E-state index in [9.17, 15) is 9.59 Å². The topological polar surface area (TPSA) is 80.1 Å². The summed E-state index contributed by atoms with van der Waals surface area (Å²) in [6, 6.07) is 2.16. The van der Waals surface area contributed by atoms with Crippen LogP contribution in [0.1, 0.15) is 43.7 Å². The van der Waals surface area contributed by atoms with Gasteiger partial charge in [0.2, 0.25) is 5.91 Å². The second kappa shape index (κ2) is 5.53. The molecule has 0 aromatic carbocycles. The Morgan fingerprint density at radius 2 is 2.14 bits per heavy atom. The summed E-state index contributed by atoms with van der Waals surface area (Å²) in [5, 5.41) is 8.99. The lowest BCUT2D eigenvalue weighted by atomic mass is 10.1. The highest BCUT2D eigenvalue weighted by atomic mass is 32.1. The van der Waals surface area contributed by atoms with Crippen LogP contribution >= 0.6 is 11.3 Å². The van der Waals surface area contributed by atoms with Gasteiger partial charge in [0, 0.05) is 24.4 Å². The number of hydrogen-bond donors (Lipinski definition) is 1. The number of carbonyl (C=O) groups excluding carboxylic acids is 2. The van der Waals surface area contributed by atoms with Gasteiger partial charge in [-0.25, -0.2) is 9.67 Å². The number of fused-ring (bicyclic) bond motifs is 1. The number of hydrogen-bond acceptors (Lipinski definition) is 5. The van der Waals surface area contributed by atoms with Crippen LogP contribution in [0.4, 0.5) is 10.9 Å². The van der Waals surface area contributed by atoms with Gasteiger partial charge in [0.1, 0.15) is 11.5 Å². The molecule has 116 valence electrons. The highest BCUT2D eigenvalue weighted by Crippen LogP contribution is 2.32. The standard InChI is InChI=1S/C14H17N5O2S/c1-8-6-9(2)19-12(4-5-15-19)18(8)13(21)11-7-22-14(17-11)16-10(3)20/h4-5,7-9H,6H2,1-3H3,(H,16,17,20)/t8-,9-/m1/s1. The molecule has 0 spiro atoms. The maximum Gasteiger partial charge on any atom is 0.279 e. The second-order valence-electron chi connectivity index (χ2n) is 5.46. The average molecular weight is 319 g/mol. The smallest absolute Gasteiger partial charge is 0.279 e. The van der Waals surface area contributed by atoms with Crippen molar-refractivity contribution in [1.82, 2.24) is 14.8 Å². The third-order valence-electron chi connectivity index (χ3n) is 3.66. The highest BCUT2D eigenvalue weighted by molar-refractivity contribution is 7.14. The van der Waals surface area contributed by atoms with Gasteiger partial charge in [0.05, 0.1) is 12.2 Å². The van der Waals surface area contributed by atoms with Gasteiger partial charge in [-0.05, 0) is 20.3 Å². The number of thiazole rings is 1. The van der Waals surface area contributed by atoms with E-state index in [4.69, 9.17) is 0 Å². The summed E-state index contributed by atoms with van der Waals surface area (Å²) in [5.41, 5.74) is 0.336. The largest absolute Gasteiger partial charge is 0.302 e. The van der Waals surface area contributed by atoms with E-state index < -0.39 is 0 Å². The lowest BCUT2D eigenvalue weighted by Crippen LogP contribution is -2.45. The molecule has 2 aromatic heterocycles. The summed E-state index contributed by atoms with van der Waals surface area (Å²) in [4.78, 5) is 29.8. The Balaban J connectivity index is 1.90. The third-order valence-corrected chi connectivity index (χ3v) is 4.42. The molecule has 0 aliphatic carbocycles. The molecule has 0 saturated heterocycles. The summed E-state index contributed by atoms with van der Waals surface area (Å²) in [5.74, 6) is 0.408. The molecule has 0 radical (unpaired) electrons. The van der Waals surface area contributed by atoms with Crippen LogP contribution in [0.2, 0.25) is 0 Å². The molecule has 1 N–H and O–H groups in total. The number of carbonyl (C=O) groups is 2. The molecule has 8 heteroatoms. The molecule has 0 fully saturated rings. The molecule has 2 aromatic rings.